The van der Waals surface area contributed by atoms with Gasteiger partial charge in [-0.15, -0.1) is 0 Å². The summed E-state index contributed by atoms with van der Waals surface area (Å²) in [4.78, 5) is 37.4. The molecule has 0 saturated heterocycles. The predicted molar refractivity (Wildman–Crippen MR) is 33.5 cm³/mol. The van der Waals surface area contributed by atoms with E-state index in [0.29, 0.717) is 0 Å². The van der Waals surface area contributed by atoms with Crippen molar-refractivity contribution in [3.8, 4) is 0 Å². The Balaban J connectivity index is 0. The van der Waals surface area contributed by atoms with Crippen molar-refractivity contribution in [3.63, 3.8) is 0 Å². The van der Waals surface area contributed by atoms with Crippen molar-refractivity contribution in [2.24, 2.45) is 0 Å². The molecule has 0 unspecified atom stereocenters. The van der Waals surface area contributed by atoms with Crippen molar-refractivity contribution in [1.29, 1.82) is 0 Å². The molecule has 0 saturated carbocycles. The Kier molecular flexibility index (Phi) is 4.56. The van der Waals surface area contributed by atoms with Gasteiger partial charge in [0.1, 0.15) is 0 Å². The summed E-state index contributed by atoms with van der Waals surface area (Å²) in [6.45, 7) is 0. The molecule has 7 nitrogen and oxygen atoms in total. The van der Waals surface area contributed by atoms with Crippen LogP contribution < -0.4 is 62.8 Å². The molecule has 60 valence electrons. The molecule has 0 aliphatic rings. The monoisotopic (exact) mass is 197 g/mol. The first-order valence-corrected chi connectivity index (χ1v) is 2.53. The third-order valence-electron chi connectivity index (χ3n) is 0.868. The first-order valence-electron chi connectivity index (χ1n) is 2.53. The van der Waals surface area contributed by atoms with Crippen LogP contribution in [0.1, 0.15) is 12.0 Å². The van der Waals surface area contributed by atoms with E-state index in [1.807, 2.05) is 4.98 Å². The standard InChI is InChI=1S/C4H3N3O4.K.H/c8-2(9)1-5-3(10)7-4(11)6-1;;/h(H,8,9)(H2,5,6,7,10,11);;/q;+1;-1. The van der Waals surface area contributed by atoms with Crippen molar-refractivity contribution in [2.75, 3.05) is 0 Å². The summed E-state index contributed by atoms with van der Waals surface area (Å²) in [5.41, 5.74) is -1.87. The number of nitrogens with one attached hydrogen (secondary N) is 2. The third-order valence-corrected chi connectivity index (χ3v) is 0.868. The fourth-order valence-electron chi connectivity index (χ4n) is 0.495. The zero-order valence-electron chi connectivity index (χ0n) is 7.12. The molecule has 0 radical (unpaired) electrons. The maximum atomic E-state index is 10.4. The first kappa shape index (κ1) is 11.7. The fraction of sp³-hybridized carbons (Fsp3) is 0. The van der Waals surface area contributed by atoms with Gasteiger partial charge in [-0.2, -0.15) is 4.98 Å². The molecular weight excluding hydrogens is 193 g/mol. The Hall–Kier alpha value is -0.284. The van der Waals surface area contributed by atoms with Gasteiger partial charge in [0.2, 0.25) is 5.82 Å². The summed E-state index contributed by atoms with van der Waals surface area (Å²) >= 11 is 0. The second-order valence-corrected chi connectivity index (χ2v) is 1.65. The minimum absolute atomic E-state index is 0. The Labute approximate surface area is 109 Å². The molecule has 3 N–H and O–H groups in total. The molecule has 1 aromatic rings. The van der Waals surface area contributed by atoms with Gasteiger partial charge < -0.3 is 6.53 Å². The molecule has 12 heavy (non-hydrogen) atoms. The third kappa shape index (κ3) is 2.99. The molecular formula is C4H4KN3O4. The van der Waals surface area contributed by atoms with E-state index in [2.05, 4.69) is 4.98 Å². The molecule has 0 amide bonds. The van der Waals surface area contributed by atoms with Gasteiger partial charge in [-0.3, -0.25) is 9.97 Å². The fourth-order valence-corrected chi connectivity index (χ4v) is 0.495. The molecule has 0 bridgehead atoms. The number of aromatic nitrogens is 3. The van der Waals surface area contributed by atoms with E-state index in [-0.39, 0.29) is 52.8 Å². The zero-order chi connectivity index (χ0) is 8.43. The van der Waals surface area contributed by atoms with Crippen LogP contribution in [-0.4, -0.2) is 26.0 Å². The van der Waals surface area contributed by atoms with Crippen LogP contribution in [0.15, 0.2) is 9.59 Å². The minimum atomic E-state index is -1.45. The molecule has 0 aliphatic heterocycles. The van der Waals surface area contributed by atoms with Crippen LogP contribution in [0.2, 0.25) is 0 Å². The molecule has 1 rings (SSSR count). The van der Waals surface area contributed by atoms with E-state index < -0.39 is 23.2 Å². The molecule has 0 aromatic carbocycles. The van der Waals surface area contributed by atoms with Gasteiger partial charge in [-0.1, -0.05) is 0 Å². The Bertz CT molecular complexity index is 371. The predicted octanol–water partition coefficient (Wildman–Crippen LogP) is -4.73. The van der Waals surface area contributed by atoms with Crippen molar-refractivity contribution in [3.05, 3.63) is 26.8 Å². The average molecular weight is 197 g/mol. The number of carboxylic acid groups (broad SMARTS) is 1. The second-order valence-electron chi connectivity index (χ2n) is 1.65. The topological polar surface area (TPSA) is 116 Å². The van der Waals surface area contributed by atoms with Gasteiger partial charge in [0.15, 0.2) is 0 Å². The van der Waals surface area contributed by atoms with Crippen LogP contribution in [-0.2, 0) is 0 Å². The molecule has 1 heterocycles. The van der Waals surface area contributed by atoms with Crippen LogP contribution in [0.25, 0.3) is 0 Å². The Morgan fingerprint density at radius 2 is 2.00 bits per heavy atom. The molecule has 8 heteroatoms. The zero-order valence-corrected chi connectivity index (χ0v) is 9.24. The van der Waals surface area contributed by atoms with Crippen molar-refractivity contribution >= 4 is 5.97 Å². The van der Waals surface area contributed by atoms with Gasteiger partial charge in [-0.05, 0) is 0 Å². The summed E-state index contributed by atoms with van der Waals surface area (Å²) in [6.07, 6.45) is 0. The largest absolute Gasteiger partial charge is 1.00 e. The summed E-state index contributed by atoms with van der Waals surface area (Å²) in [5, 5.41) is 8.25. The van der Waals surface area contributed by atoms with E-state index in [1.165, 1.54) is 0 Å². The Morgan fingerprint density at radius 1 is 1.42 bits per heavy atom. The normalized spacial score (nSPS) is 8.67. The SMILES string of the molecule is O=C(O)c1nc(=O)[nH]c(=O)[nH]1.[H-].[K+]. The smallest absolute Gasteiger partial charge is 1.00 e. The molecule has 0 fully saturated rings. The van der Waals surface area contributed by atoms with Crippen LogP contribution in [0.5, 0.6) is 0 Å². The van der Waals surface area contributed by atoms with Gasteiger partial charge in [0.25, 0.3) is 0 Å². The molecule has 0 aliphatic carbocycles. The second kappa shape index (κ2) is 4.67. The number of hydrogen-bond donors (Lipinski definition) is 3. The number of nitrogens with zero attached hydrogens (tertiary/aromatic N) is 1. The van der Waals surface area contributed by atoms with E-state index >= 15 is 0 Å². The van der Waals surface area contributed by atoms with Crippen molar-refractivity contribution < 1.29 is 62.7 Å². The molecule has 0 spiro atoms. The van der Waals surface area contributed by atoms with Crippen LogP contribution in [0, 0.1) is 0 Å². The Morgan fingerprint density at radius 3 is 2.42 bits per heavy atom. The van der Waals surface area contributed by atoms with E-state index in [9.17, 15) is 14.4 Å². The average Bonchev–Trinajstić information content (AvgIpc) is 1.85. The minimum Gasteiger partial charge on any atom is -1.00 e. The number of hydrogen-bond acceptors (Lipinski definition) is 4. The quantitative estimate of drug-likeness (QED) is 0.391. The summed E-state index contributed by atoms with van der Waals surface area (Å²) in [5.74, 6) is -2.12. The molecule has 1 aromatic heterocycles. The van der Waals surface area contributed by atoms with E-state index in [4.69, 9.17) is 5.11 Å². The first-order chi connectivity index (χ1) is 5.09. The van der Waals surface area contributed by atoms with Crippen LogP contribution >= 0.6 is 0 Å². The van der Waals surface area contributed by atoms with E-state index in [0.717, 1.165) is 0 Å². The number of carbonyl (C=O) groups is 1. The van der Waals surface area contributed by atoms with Gasteiger partial charge in [0.05, 0.1) is 0 Å². The number of rotatable bonds is 1. The van der Waals surface area contributed by atoms with Gasteiger partial charge in [0, 0.05) is 0 Å². The van der Waals surface area contributed by atoms with E-state index in [1.54, 1.807) is 4.98 Å². The summed E-state index contributed by atoms with van der Waals surface area (Å²) in [6, 6.07) is 0. The van der Waals surface area contributed by atoms with Crippen molar-refractivity contribution in [1.82, 2.24) is 15.0 Å². The van der Waals surface area contributed by atoms with Crippen LogP contribution in [0.3, 0.4) is 0 Å². The number of aromatic carboxylic acids is 1. The number of aromatic amines is 2. The van der Waals surface area contributed by atoms with Crippen molar-refractivity contribution in [2.45, 2.75) is 0 Å². The maximum absolute atomic E-state index is 10.4. The summed E-state index contributed by atoms with van der Waals surface area (Å²) in [7, 11) is 0. The number of carboxylic acids is 1. The summed E-state index contributed by atoms with van der Waals surface area (Å²) < 4.78 is 0. The molecule has 0 atom stereocenters. The maximum Gasteiger partial charge on any atom is 1.00 e. The van der Waals surface area contributed by atoms with Gasteiger partial charge in [-0.25, -0.2) is 14.4 Å². The van der Waals surface area contributed by atoms with Crippen LogP contribution in [0.4, 0.5) is 0 Å². The van der Waals surface area contributed by atoms with Gasteiger partial charge >= 0.3 is 68.7 Å². The number of H-pyrrole nitrogens is 2.